The largest absolute Gasteiger partial charge is 0.340 e. The summed E-state index contributed by atoms with van der Waals surface area (Å²) in [4.78, 5) is 9.93. The number of rotatable bonds is 4. The quantitative estimate of drug-likeness (QED) is 0.477. The van der Waals surface area contributed by atoms with Crippen molar-refractivity contribution in [3.63, 3.8) is 0 Å². The molecule has 0 bridgehead atoms. The van der Waals surface area contributed by atoms with Crippen molar-refractivity contribution < 1.29 is 0 Å². The number of benzene rings is 2. The molecule has 124 valence electrons. The maximum absolute atomic E-state index is 4.50. The molecular formula is C21H19N3S. The van der Waals surface area contributed by atoms with Gasteiger partial charge in [-0.05, 0) is 29.2 Å². The van der Waals surface area contributed by atoms with Crippen molar-refractivity contribution in [3.8, 4) is 11.1 Å². The molecule has 4 aromatic rings. The third-order valence-electron chi connectivity index (χ3n) is 4.30. The van der Waals surface area contributed by atoms with Crippen molar-refractivity contribution in [3.05, 3.63) is 71.9 Å². The van der Waals surface area contributed by atoms with Crippen LogP contribution in [0.4, 0.5) is 11.5 Å². The van der Waals surface area contributed by atoms with Gasteiger partial charge in [0.1, 0.15) is 17.0 Å². The van der Waals surface area contributed by atoms with Crippen molar-refractivity contribution >= 4 is 33.1 Å². The van der Waals surface area contributed by atoms with E-state index in [2.05, 4.69) is 83.0 Å². The summed E-state index contributed by atoms with van der Waals surface area (Å²) in [5, 5.41) is 6.69. The maximum atomic E-state index is 4.50. The molecule has 2 aromatic heterocycles. The minimum Gasteiger partial charge on any atom is -0.340 e. The lowest BCUT2D eigenvalue weighted by Gasteiger charge is -2.10. The summed E-state index contributed by atoms with van der Waals surface area (Å²) in [6.07, 6.45) is 1.62. The first-order valence-corrected chi connectivity index (χ1v) is 9.25. The molecule has 0 aliphatic heterocycles. The van der Waals surface area contributed by atoms with Crippen LogP contribution in [0, 0.1) is 0 Å². The van der Waals surface area contributed by atoms with Crippen LogP contribution >= 0.6 is 11.3 Å². The number of nitrogens with zero attached hydrogens (tertiary/aromatic N) is 2. The highest BCUT2D eigenvalue weighted by Crippen LogP contribution is 2.37. The Morgan fingerprint density at radius 2 is 1.68 bits per heavy atom. The third kappa shape index (κ3) is 3.13. The van der Waals surface area contributed by atoms with Crippen molar-refractivity contribution in [2.75, 3.05) is 5.32 Å². The van der Waals surface area contributed by atoms with Gasteiger partial charge in [0, 0.05) is 16.6 Å². The van der Waals surface area contributed by atoms with Gasteiger partial charge in [0.25, 0.3) is 0 Å². The van der Waals surface area contributed by atoms with Crippen LogP contribution in [0.2, 0.25) is 0 Å². The van der Waals surface area contributed by atoms with Crippen LogP contribution in [0.5, 0.6) is 0 Å². The number of nitrogens with one attached hydrogen (secondary N) is 1. The lowest BCUT2D eigenvalue weighted by Crippen LogP contribution is -1.96. The van der Waals surface area contributed by atoms with Gasteiger partial charge in [-0.3, -0.25) is 0 Å². The Bertz CT molecular complexity index is 989. The summed E-state index contributed by atoms with van der Waals surface area (Å²) in [5.74, 6) is 1.38. The molecule has 1 N–H and O–H groups in total. The molecule has 0 aliphatic carbocycles. The first kappa shape index (κ1) is 15.8. The molecule has 0 saturated carbocycles. The van der Waals surface area contributed by atoms with E-state index in [0.717, 1.165) is 21.7 Å². The van der Waals surface area contributed by atoms with E-state index >= 15 is 0 Å². The molecule has 0 unspecified atom stereocenters. The molecule has 4 heteroatoms. The Balaban J connectivity index is 1.76. The third-order valence-corrected chi connectivity index (χ3v) is 5.18. The summed E-state index contributed by atoms with van der Waals surface area (Å²) in [6, 6.07) is 18.9. The van der Waals surface area contributed by atoms with E-state index in [0.29, 0.717) is 5.92 Å². The number of fused-ring (bicyclic) bond motifs is 1. The lowest BCUT2D eigenvalue weighted by molar-refractivity contribution is 0.867. The van der Waals surface area contributed by atoms with Gasteiger partial charge >= 0.3 is 0 Å². The Kier molecular flexibility index (Phi) is 4.20. The summed E-state index contributed by atoms with van der Waals surface area (Å²) in [6.45, 7) is 4.40. The summed E-state index contributed by atoms with van der Waals surface area (Å²) < 4.78 is 0. The van der Waals surface area contributed by atoms with Gasteiger partial charge in [-0.1, -0.05) is 56.3 Å². The standard InChI is InChI=1S/C21H19N3S/c1-14(2)15-8-10-17(11-9-15)24-20-19-18(16-6-4-3-5-7-16)12-25-21(19)23-13-22-20/h3-14H,1-2H3,(H,22,23,24). The lowest BCUT2D eigenvalue weighted by atomic mass is 10.0. The molecule has 25 heavy (non-hydrogen) atoms. The molecule has 0 aliphatic rings. The van der Waals surface area contributed by atoms with Crippen LogP contribution in [0.25, 0.3) is 21.3 Å². The zero-order valence-electron chi connectivity index (χ0n) is 14.2. The monoisotopic (exact) mass is 345 g/mol. The van der Waals surface area contributed by atoms with Crippen molar-refractivity contribution in [1.82, 2.24) is 9.97 Å². The molecule has 0 atom stereocenters. The van der Waals surface area contributed by atoms with Crippen molar-refractivity contribution in [2.24, 2.45) is 0 Å². The highest BCUT2D eigenvalue weighted by Gasteiger charge is 2.13. The van der Waals surface area contributed by atoms with Crippen LogP contribution in [0.15, 0.2) is 66.3 Å². The van der Waals surface area contributed by atoms with Gasteiger partial charge in [-0.25, -0.2) is 9.97 Å². The van der Waals surface area contributed by atoms with Crippen LogP contribution < -0.4 is 5.32 Å². The van der Waals surface area contributed by atoms with Crippen molar-refractivity contribution in [2.45, 2.75) is 19.8 Å². The zero-order valence-corrected chi connectivity index (χ0v) is 15.0. The zero-order chi connectivity index (χ0) is 17.2. The summed E-state index contributed by atoms with van der Waals surface area (Å²) in [7, 11) is 0. The molecule has 2 aromatic carbocycles. The molecule has 0 saturated heterocycles. The van der Waals surface area contributed by atoms with Gasteiger partial charge < -0.3 is 5.32 Å². The molecule has 0 amide bonds. The fourth-order valence-corrected chi connectivity index (χ4v) is 3.80. The van der Waals surface area contributed by atoms with E-state index in [1.54, 1.807) is 17.7 Å². The second-order valence-electron chi connectivity index (χ2n) is 6.32. The molecule has 4 rings (SSSR count). The molecule has 2 heterocycles. The second-order valence-corrected chi connectivity index (χ2v) is 7.18. The summed E-state index contributed by atoms with van der Waals surface area (Å²) in [5.41, 5.74) is 4.72. The van der Waals surface area contributed by atoms with Gasteiger partial charge in [0.15, 0.2) is 0 Å². The van der Waals surface area contributed by atoms with Gasteiger partial charge in [0.2, 0.25) is 0 Å². The average Bonchev–Trinajstić information content (AvgIpc) is 3.08. The second kappa shape index (κ2) is 6.65. The smallest absolute Gasteiger partial charge is 0.143 e. The maximum Gasteiger partial charge on any atom is 0.143 e. The number of thiophene rings is 1. The van der Waals surface area contributed by atoms with Crippen LogP contribution in [-0.2, 0) is 0 Å². The number of hydrogen-bond acceptors (Lipinski definition) is 4. The van der Waals surface area contributed by atoms with Gasteiger partial charge in [0.05, 0.1) is 5.39 Å². The first-order valence-electron chi connectivity index (χ1n) is 8.37. The molecule has 0 fully saturated rings. The van der Waals surface area contributed by atoms with Gasteiger partial charge in [-0.2, -0.15) is 0 Å². The fraction of sp³-hybridized carbons (Fsp3) is 0.143. The molecule has 0 radical (unpaired) electrons. The SMILES string of the molecule is CC(C)c1ccc(Nc2ncnc3scc(-c4ccccc4)c23)cc1. The minimum atomic E-state index is 0.529. The Labute approximate surface area is 151 Å². The average molecular weight is 345 g/mol. The van der Waals surface area contributed by atoms with Crippen LogP contribution in [0.3, 0.4) is 0 Å². The molecular weight excluding hydrogens is 326 g/mol. The van der Waals surface area contributed by atoms with Crippen LogP contribution in [0.1, 0.15) is 25.3 Å². The van der Waals surface area contributed by atoms with E-state index in [1.165, 1.54) is 16.7 Å². The molecule has 0 spiro atoms. The first-order chi connectivity index (χ1) is 12.2. The predicted octanol–water partition coefficient (Wildman–Crippen LogP) is 6.23. The highest BCUT2D eigenvalue weighted by atomic mass is 32.1. The number of anilines is 2. The van der Waals surface area contributed by atoms with E-state index in [1.807, 2.05) is 6.07 Å². The van der Waals surface area contributed by atoms with E-state index < -0.39 is 0 Å². The van der Waals surface area contributed by atoms with Crippen molar-refractivity contribution in [1.29, 1.82) is 0 Å². The van der Waals surface area contributed by atoms with Crippen LogP contribution in [-0.4, -0.2) is 9.97 Å². The number of hydrogen-bond donors (Lipinski definition) is 1. The Morgan fingerprint density at radius 3 is 2.40 bits per heavy atom. The topological polar surface area (TPSA) is 37.8 Å². The van der Waals surface area contributed by atoms with E-state index in [4.69, 9.17) is 0 Å². The Morgan fingerprint density at radius 1 is 0.920 bits per heavy atom. The normalized spacial score (nSPS) is 11.2. The summed E-state index contributed by atoms with van der Waals surface area (Å²) >= 11 is 1.65. The Hall–Kier alpha value is -2.72. The highest BCUT2D eigenvalue weighted by molar-refractivity contribution is 7.17. The predicted molar refractivity (Wildman–Crippen MR) is 107 cm³/mol. The fourth-order valence-electron chi connectivity index (χ4n) is 2.89. The van der Waals surface area contributed by atoms with E-state index in [-0.39, 0.29) is 0 Å². The van der Waals surface area contributed by atoms with E-state index in [9.17, 15) is 0 Å². The van der Waals surface area contributed by atoms with Gasteiger partial charge in [-0.15, -0.1) is 11.3 Å². The minimum absolute atomic E-state index is 0.529. The number of aromatic nitrogens is 2. The molecule has 3 nitrogen and oxygen atoms in total.